The molecule has 5 rings (SSSR count). The molecule has 8 nitrogen and oxygen atoms in total. The molecule has 158 valence electrons. The Balaban J connectivity index is 1.35. The number of nitrogens with zero attached hydrogens (tertiary/aromatic N) is 4. The number of carbonyl (C=O) groups is 2. The van der Waals surface area contributed by atoms with Gasteiger partial charge in [-0.15, -0.1) is 0 Å². The first-order valence-corrected chi connectivity index (χ1v) is 10.6. The van der Waals surface area contributed by atoms with E-state index in [0.29, 0.717) is 36.0 Å². The largest absolute Gasteiger partial charge is 0.489 e. The monoisotopic (exact) mass is 410 g/mol. The maximum absolute atomic E-state index is 13.3. The molecule has 0 N–H and O–H groups in total. The molecule has 1 aromatic heterocycles. The highest BCUT2D eigenvalue weighted by Gasteiger charge is 2.39. The lowest BCUT2D eigenvalue weighted by atomic mass is 10.0. The first-order chi connectivity index (χ1) is 14.6. The Labute approximate surface area is 175 Å². The minimum atomic E-state index is -0.667. The molecule has 1 unspecified atom stereocenters. The van der Waals surface area contributed by atoms with Gasteiger partial charge < -0.3 is 19.3 Å². The summed E-state index contributed by atoms with van der Waals surface area (Å²) >= 11 is 0. The quantitative estimate of drug-likeness (QED) is 0.770. The second-order valence-corrected chi connectivity index (χ2v) is 8.25. The molecule has 0 radical (unpaired) electrons. The molecule has 30 heavy (non-hydrogen) atoms. The van der Waals surface area contributed by atoms with Crippen LogP contribution in [-0.4, -0.2) is 65.9 Å². The van der Waals surface area contributed by atoms with Crippen LogP contribution >= 0.6 is 0 Å². The van der Waals surface area contributed by atoms with E-state index in [1.807, 2.05) is 35.1 Å². The average molecular weight is 410 g/mol. The van der Waals surface area contributed by atoms with Gasteiger partial charge in [0.25, 0.3) is 11.8 Å². The fourth-order valence-corrected chi connectivity index (χ4v) is 4.57. The van der Waals surface area contributed by atoms with Gasteiger partial charge in [-0.3, -0.25) is 14.3 Å². The Morgan fingerprint density at radius 1 is 1.20 bits per heavy atom. The maximum atomic E-state index is 13.3. The molecule has 1 aromatic carbocycles. The molecule has 0 saturated carbocycles. The van der Waals surface area contributed by atoms with Gasteiger partial charge in [0.2, 0.25) is 0 Å². The minimum Gasteiger partial charge on any atom is -0.489 e. The van der Waals surface area contributed by atoms with Gasteiger partial charge in [-0.2, -0.15) is 5.10 Å². The highest BCUT2D eigenvalue weighted by molar-refractivity contribution is 6.03. The smallest absolute Gasteiger partial charge is 0.275 e. The number of benzene rings is 1. The Morgan fingerprint density at radius 3 is 2.90 bits per heavy atom. The van der Waals surface area contributed by atoms with Crippen molar-refractivity contribution in [1.29, 1.82) is 0 Å². The number of para-hydroxylation sites is 2. The van der Waals surface area contributed by atoms with Gasteiger partial charge in [0, 0.05) is 44.4 Å². The van der Waals surface area contributed by atoms with Crippen LogP contribution in [-0.2, 0) is 22.5 Å². The molecular formula is C22H26N4O4. The summed E-state index contributed by atoms with van der Waals surface area (Å²) < 4.78 is 13.3. The van der Waals surface area contributed by atoms with Crippen molar-refractivity contribution in [3.63, 3.8) is 0 Å². The SMILES string of the molecule is CN1C(=O)[C@@H](N2CCc3cn(CC4CCCOC4)nc3C2=O)COc2ccccc21. The summed E-state index contributed by atoms with van der Waals surface area (Å²) in [5.74, 6) is 0.738. The molecule has 2 atom stereocenters. The summed E-state index contributed by atoms with van der Waals surface area (Å²) in [7, 11) is 1.73. The first-order valence-electron chi connectivity index (χ1n) is 10.6. The van der Waals surface area contributed by atoms with Crippen molar-refractivity contribution < 1.29 is 19.1 Å². The molecule has 4 heterocycles. The third-order valence-corrected chi connectivity index (χ3v) is 6.24. The molecule has 1 fully saturated rings. The number of anilines is 1. The van der Waals surface area contributed by atoms with Gasteiger partial charge >= 0.3 is 0 Å². The number of likely N-dealkylation sites (N-methyl/N-ethyl adjacent to an activating group) is 1. The zero-order valence-electron chi connectivity index (χ0n) is 17.1. The molecule has 1 saturated heterocycles. The summed E-state index contributed by atoms with van der Waals surface area (Å²) in [6.07, 6.45) is 4.85. The highest BCUT2D eigenvalue weighted by Crippen LogP contribution is 2.32. The number of hydrogen-bond acceptors (Lipinski definition) is 5. The van der Waals surface area contributed by atoms with Crippen molar-refractivity contribution in [2.45, 2.75) is 31.8 Å². The van der Waals surface area contributed by atoms with E-state index in [1.165, 1.54) is 0 Å². The minimum absolute atomic E-state index is 0.140. The van der Waals surface area contributed by atoms with Crippen LogP contribution in [0.4, 0.5) is 5.69 Å². The van der Waals surface area contributed by atoms with Gasteiger partial charge in [-0.05, 0) is 31.4 Å². The summed E-state index contributed by atoms with van der Waals surface area (Å²) in [6, 6.07) is 6.77. The van der Waals surface area contributed by atoms with Crippen LogP contribution in [0.3, 0.4) is 0 Å². The summed E-state index contributed by atoms with van der Waals surface area (Å²) in [5.41, 5.74) is 2.12. The van der Waals surface area contributed by atoms with Crippen molar-refractivity contribution in [1.82, 2.24) is 14.7 Å². The molecule has 0 aliphatic carbocycles. The van der Waals surface area contributed by atoms with Crippen LogP contribution in [0.5, 0.6) is 5.75 Å². The van der Waals surface area contributed by atoms with Crippen LogP contribution in [0.2, 0.25) is 0 Å². The summed E-state index contributed by atoms with van der Waals surface area (Å²) in [4.78, 5) is 29.6. The van der Waals surface area contributed by atoms with Crippen molar-refractivity contribution in [3.05, 3.63) is 41.7 Å². The molecule has 0 bridgehead atoms. The Morgan fingerprint density at radius 2 is 2.07 bits per heavy atom. The third-order valence-electron chi connectivity index (χ3n) is 6.24. The van der Waals surface area contributed by atoms with E-state index in [0.717, 1.165) is 38.2 Å². The predicted octanol–water partition coefficient (Wildman–Crippen LogP) is 1.73. The fraction of sp³-hybridized carbons (Fsp3) is 0.500. The van der Waals surface area contributed by atoms with E-state index in [-0.39, 0.29) is 18.4 Å². The number of ether oxygens (including phenoxy) is 2. The van der Waals surface area contributed by atoms with E-state index in [1.54, 1.807) is 16.8 Å². The van der Waals surface area contributed by atoms with Crippen molar-refractivity contribution in [2.75, 3.05) is 38.3 Å². The third kappa shape index (κ3) is 3.35. The molecular weight excluding hydrogens is 384 g/mol. The second kappa shape index (κ2) is 7.75. The standard InChI is InChI=1S/C22H26N4O4/c1-24-17-6-2-3-7-19(17)30-14-18(21(24)27)26-9-8-16-12-25(23-20(16)22(26)28)11-15-5-4-10-29-13-15/h2-3,6-7,12,15,18H,4-5,8-11,13-14H2,1H3/t15?,18-/m0/s1. The second-order valence-electron chi connectivity index (χ2n) is 8.25. The lowest BCUT2D eigenvalue weighted by Crippen LogP contribution is -2.54. The molecule has 8 heteroatoms. The van der Waals surface area contributed by atoms with Gasteiger partial charge in [-0.25, -0.2) is 0 Å². The van der Waals surface area contributed by atoms with Crippen molar-refractivity contribution >= 4 is 17.5 Å². The van der Waals surface area contributed by atoms with Crippen LogP contribution in [0.1, 0.15) is 28.9 Å². The predicted molar refractivity (Wildman–Crippen MR) is 110 cm³/mol. The molecule has 0 spiro atoms. The lowest BCUT2D eigenvalue weighted by Gasteiger charge is -2.33. The van der Waals surface area contributed by atoms with Crippen LogP contribution in [0.15, 0.2) is 30.5 Å². The Kier molecular flexibility index (Phi) is 4.94. The van der Waals surface area contributed by atoms with Crippen LogP contribution < -0.4 is 9.64 Å². The number of rotatable bonds is 3. The number of fused-ring (bicyclic) bond motifs is 2. The lowest BCUT2D eigenvalue weighted by molar-refractivity contribution is -0.123. The topological polar surface area (TPSA) is 76.9 Å². The number of amides is 2. The fourth-order valence-electron chi connectivity index (χ4n) is 4.57. The zero-order valence-corrected chi connectivity index (χ0v) is 17.1. The zero-order chi connectivity index (χ0) is 20.7. The van der Waals surface area contributed by atoms with Gasteiger partial charge in [0.1, 0.15) is 18.4 Å². The average Bonchev–Trinajstić information content (AvgIpc) is 3.13. The number of carbonyl (C=O) groups excluding carboxylic acids is 2. The van der Waals surface area contributed by atoms with E-state index >= 15 is 0 Å². The van der Waals surface area contributed by atoms with Crippen molar-refractivity contribution in [2.24, 2.45) is 5.92 Å². The van der Waals surface area contributed by atoms with Gasteiger partial charge in [0.15, 0.2) is 5.69 Å². The maximum Gasteiger partial charge on any atom is 0.275 e. The Bertz CT molecular complexity index is 966. The molecule has 2 amide bonds. The number of aromatic nitrogens is 2. The molecule has 3 aliphatic heterocycles. The summed E-state index contributed by atoms with van der Waals surface area (Å²) in [6.45, 7) is 2.94. The molecule has 2 aromatic rings. The van der Waals surface area contributed by atoms with Gasteiger partial charge in [0.05, 0.1) is 12.3 Å². The first kappa shape index (κ1) is 19.1. The van der Waals surface area contributed by atoms with Crippen LogP contribution in [0, 0.1) is 5.92 Å². The number of hydrogen-bond donors (Lipinski definition) is 0. The van der Waals surface area contributed by atoms with E-state index in [9.17, 15) is 9.59 Å². The van der Waals surface area contributed by atoms with Gasteiger partial charge in [-0.1, -0.05) is 12.1 Å². The van der Waals surface area contributed by atoms with Crippen LogP contribution in [0.25, 0.3) is 0 Å². The summed E-state index contributed by atoms with van der Waals surface area (Å²) in [5, 5.41) is 4.58. The van der Waals surface area contributed by atoms with Crippen molar-refractivity contribution in [3.8, 4) is 5.75 Å². The van der Waals surface area contributed by atoms with E-state index < -0.39 is 6.04 Å². The Hall–Kier alpha value is -2.87. The van der Waals surface area contributed by atoms with E-state index in [4.69, 9.17) is 9.47 Å². The highest BCUT2D eigenvalue weighted by atomic mass is 16.5. The van der Waals surface area contributed by atoms with E-state index in [2.05, 4.69) is 5.10 Å². The molecule has 3 aliphatic rings. The normalized spacial score (nSPS) is 24.2.